The third-order valence-corrected chi connectivity index (χ3v) is 5.61. The van der Waals surface area contributed by atoms with Gasteiger partial charge in [-0.3, -0.25) is 4.79 Å². The van der Waals surface area contributed by atoms with Gasteiger partial charge in [-0.25, -0.2) is 8.42 Å². The summed E-state index contributed by atoms with van der Waals surface area (Å²) in [6, 6.07) is -0.222. The van der Waals surface area contributed by atoms with Crippen LogP contribution in [0.15, 0.2) is 0 Å². The van der Waals surface area contributed by atoms with Crippen molar-refractivity contribution in [3.05, 3.63) is 0 Å². The molecule has 1 fully saturated rings. The fourth-order valence-corrected chi connectivity index (χ4v) is 4.46. The van der Waals surface area contributed by atoms with E-state index in [1.807, 2.05) is 20.8 Å². The van der Waals surface area contributed by atoms with Gasteiger partial charge in [-0.1, -0.05) is 20.8 Å². The summed E-state index contributed by atoms with van der Waals surface area (Å²) in [4.78, 5) is 10.9. The van der Waals surface area contributed by atoms with Crippen LogP contribution in [0.25, 0.3) is 0 Å². The van der Waals surface area contributed by atoms with Gasteiger partial charge in [0.2, 0.25) is 10.0 Å². The summed E-state index contributed by atoms with van der Waals surface area (Å²) in [5.41, 5.74) is -0.0182. The van der Waals surface area contributed by atoms with Crippen LogP contribution in [0.2, 0.25) is 0 Å². The number of hydrogen-bond donors (Lipinski definition) is 1. The van der Waals surface area contributed by atoms with Gasteiger partial charge in [0.05, 0.1) is 11.7 Å². The molecule has 0 aromatic rings. The maximum atomic E-state index is 12.3. The number of rotatable bonds is 4. The lowest BCUT2D eigenvalue weighted by Gasteiger charge is -2.35. The van der Waals surface area contributed by atoms with Gasteiger partial charge >= 0.3 is 5.97 Å². The Bertz CT molecular complexity index is 424. The molecule has 2 atom stereocenters. The summed E-state index contributed by atoms with van der Waals surface area (Å²) in [6.45, 7) is 8.17. The van der Waals surface area contributed by atoms with Gasteiger partial charge in [0.1, 0.15) is 0 Å². The normalized spacial score (nSPS) is 26.3. The Morgan fingerprint density at radius 1 is 1.37 bits per heavy atom. The van der Waals surface area contributed by atoms with Crippen LogP contribution in [0.4, 0.5) is 0 Å². The zero-order valence-corrected chi connectivity index (χ0v) is 13.0. The molecule has 6 heteroatoms. The van der Waals surface area contributed by atoms with Crippen molar-refractivity contribution in [2.75, 3.05) is 12.3 Å². The van der Waals surface area contributed by atoms with E-state index in [2.05, 4.69) is 0 Å². The smallest absolute Gasteiger partial charge is 0.306 e. The monoisotopic (exact) mass is 291 g/mol. The molecule has 0 amide bonds. The molecule has 1 aliphatic heterocycles. The van der Waals surface area contributed by atoms with Crippen molar-refractivity contribution >= 4 is 16.0 Å². The van der Waals surface area contributed by atoms with Crippen LogP contribution in [0, 0.1) is 11.3 Å². The number of piperidine rings is 1. The highest BCUT2D eigenvalue weighted by Crippen LogP contribution is 2.27. The van der Waals surface area contributed by atoms with Gasteiger partial charge in [0.15, 0.2) is 0 Å². The topological polar surface area (TPSA) is 74.7 Å². The predicted molar refractivity (Wildman–Crippen MR) is 74.4 cm³/mol. The average Bonchev–Trinajstić information content (AvgIpc) is 2.25. The first-order valence-electron chi connectivity index (χ1n) is 6.75. The Kier molecular flexibility index (Phi) is 5.01. The minimum absolute atomic E-state index is 0.0182. The molecule has 2 unspecified atom stereocenters. The number of carbonyl (C=O) groups is 1. The zero-order chi connectivity index (χ0) is 14.8. The molecule has 1 rings (SSSR count). The minimum Gasteiger partial charge on any atom is -0.481 e. The third kappa shape index (κ3) is 4.76. The summed E-state index contributed by atoms with van der Waals surface area (Å²) < 4.78 is 26.1. The number of carboxylic acids is 1. The highest BCUT2D eigenvalue weighted by Gasteiger charge is 2.36. The number of sulfonamides is 1. The van der Waals surface area contributed by atoms with Crippen LogP contribution in [0.3, 0.4) is 0 Å². The standard InChI is InChI=1S/C13H25NO4S/c1-10-9-11(12(15)16)5-7-14(10)19(17,18)8-6-13(2,3)4/h10-11H,5-9H2,1-4H3,(H,15,16). The van der Waals surface area contributed by atoms with E-state index in [9.17, 15) is 13.2 Å². The van der Waals surface area contributed by atoms with Gasteiger partial charge < -0.3 is 5.11 Å². The second kappa shape index (κ2) is 5.79. The Morgan fingerprint density at radius 2 is 1.95 bits per heavy atom. The SMILES string of the molecule is CC1CC(C(=O)O)CCN1S(=O)(=O)CCC(C)(C)C. The molecule has 5 nitrogen and oxygen atoms in total. The van der Waals surface area contributed by atoms with E-state index in [0.717, 1.165) is 0 Å². The maximum absolute atomic E-state index is 12.3. The van der Waals surface area contributed by atoms with Crippen molar-refractivity contribution in [2.45, 2.75) is 53.0 Å². The molecule has 0 radical (unpaired) electrons. The molecule has 0 aromatic heterocycles. The molecule has 0 saturated carbocycles. The summed E-state index contributed by atoms with van der Waals surface area (Å²) in [5, 5.41) is 8.99. The van der Waals surface area contributed by atoms with E-state index >= 15 is 0 Å². The van der Waals surface area contributed by atoms with Crippen molar-refractivity contribution in [3.63, 3.8) is 0 Å². The molecule has 0 spiro atoms. The van der Waals surface area contributed by atoms with Crippen molar-refractivity contribution in [1.82, 2.24) is 4.31 Å². The predicted octanol–water partition coefficient (Wildman–Crippen LogP) is 1.94. The second-order valence-corrected chi connectivity index (χ2v) is 8.69. The Labute approximate surface area is 116 Å². The van der Waals surface area contributed by atoms with Gasteiger partial charge in [0, 0.05) is 12.6 Å². The molecule has 1 heterocycles. The van der Waals surface area contributed by atoms with Crippen LogP contribution in [0.1, 0.15) is 47.0 Å². The lowest BCUT2D eigenvalue weighted by atomic mass is 9.93. The van der Waals surface area contributed by atoms with Gasteiger partial charge in [0.25, 0.3) is 0 Å². The van der Waals surface area contributed by atoms with Crippen molar-refractivity contribution in [3.8, 4) is 0 Å². The molecule has 1 N–H and O–H groups in total. The third-order valence-electron chi connectivity index (χ3n) is 3.63. The van der Waals surface area contributed by atoms with Crippen molar-refractivity contribution in [1.29, 1.82) is 0 Å². The fraction of sp³-hybridized carbons (Fsp3) is 0.923. The summed E-state index contributed by atoms with van der Waals surface area (Å²) >= 11 is 0. The highest BCUT2D eigenvalue weighted by atomic mass is 32.2. The first-order chi connectivity index (χ1) is 8.53. The number of hydrogen-bond acceptors (Lipinski definition) is 3. The number of carboxylic acid groups (broad SMARTS) is 1. The van der Waals surface area contributed by atoms with E-state index in [1.165, 1.54) is 4.31 Å². The number of aliphatic carboxylic acids is 1. The van der Waals surface area contributed by atoms with Crippen LogP contribution < -0.4 is 0 Å². The molecular formula is C13H25NO4S. The first kappa shape index (κ1) is 16.4. The summed E-state index contributed by atoms with van der Waals surface area (Å²) in [5.74, 6) is -1.10. The van der Waals surface area contributed by atoms with Crippen LogP contribution in [-0.4, -0.2) is 42.1 Å². The van der Waals surface area contributed by atoms with E-state index in [4.69, 9.17) is 5.11 Å². The van der Waals surface area contributed by atoms with Crippen LogP contribution in [-0.2, 0) is 14.8 Å². The number of nitrogens with zero attached hydrogens (tertiary/aromatic N) is 1. The molecule has 1 saturated heterocycles. The molecular weight excluding hydrogens is 266 g/mol. The maximum Gasteiger partial charge on any atom is 0.306 e. The quantitative estimate of drug-likeness (QED) is 0.859. The minimum atomic E-state index is -3.27. The fourth-order valence-electron chi connectivity index (χ4n) is 2.34. The molecule has 112 valence electrons. The van der Waals surface area contributed by atoms with E-state index in [1.54, 1.807) is 6.92 Å². The molecule has 0 bridgehead atoms. The molecule has 1 aliphatic rings. The summed E-state index contributed by atoms with van der Waals surface area (Å²) in [6.07, 6.45) is 1.43. The molecule has 0 aromatic carbocycles. The van der Waals surface area contributed by atoms with Crippen LogP contribution in [0.5, 0.6) is 0 Å². The second-order valence-electron chi connectivity index (χ2n) is 6.65. The van der Waals surface area contributed by atoms with Gasteiger partial charge in [-0.05, 0) is 31.6 Å². The van der Waals surface area contributed by atoms with Crippen molar-refractivity contribution < 1.29 is 18.3 Å². The van der Waals surface area contributed by atoms with E-state index < -0.39 is 21.9 Å². The average molecular weight is 291 g/mol. The molecule has 0 aliphatic carbocycles. The molecule has 19 heavy (non-hydrogen) atoms. The largest absolute Gasteiger partial charge is 0.481 e. The highest BCUT2D eigenvalue weighted by molar-refractivity contribution is 7.89. The van der Waals surface area contributed by atoms with E-state index in [-0.39, 0.29) is 17.2 Å². The summed E-state index contributed by atoms with van der Waals surface area (Å²) in [7, 11) is -3.27. The van der Waals surface area contributed by atoms with Gasteiger partial charge in [-0.2, -0.15) is 4.31 Å². The van der Waals surface area contributed by atoms with Crippen molar-refractivity contribution in [2.24, 2.45) is 11.3 Å². The Hall–Kier alpha value is -0.620. The van der Waals surface area contributed by atoms with Gasteiger partial charge in [-0.15, -0.1) is 0 Å². The van der Waals surface area contributed by atoms with Crippen LogP contribution >= 0.6 is 0 Å². The Balaban J connectivity index is 2.68. The lowest BCUT2D eigenvalue weighted by molar-refractivity contribution is -0.143. The first-order valence-corrected chi connectivity index (χ1v) is 8.36. The zero-order valence-electron chi connectivity index (χ0n) is 12.2. The lowest BCUT2D eigenvalue weighted by Crippen LogP contribution is -2.47. The van der Waals surface area contributed by atoms with E-state index in [0.29, 0.717) is 25.8 Å². The Morgan fingerprint density at radius 3 is 2.37 bits per heavy atom.